The molecular formula is C35H41NO14. The molecule has 7 N–H and O–H groups in total. The van der Waals surface area contributed by atoms with Gasteiger partial charge in [0.05, 0.1) is 38.7 Å². The molecule has 50 heavy (non-hydrogen) atoms. The Morgan fingerprint density at radius 2 is 1.74 bits per heavy atom. The number of carbonyl (C=O) groups excluding carboxylic acids is 2. The zero-order valence-corrected chi connectivity index (χ0v) is 27.4. The Morgan fingerprint density at radius 1 is 1.00 bits per heavy atom. The highest BCUT2D eigenvalue weighted by Gasteiger charge is 2.48. The largest absolute Gasteiger partial charge is 0.504 e. The molecule has 3 aliphatic heterocycles. The minimum absolute atomic E-state index is 0.0271. The zero-order valence-electron chi connectivity index (χ0n) is 27.4. The first kappa shape index (κ1) is 36.6. The summed E-state index contributed by atoms with van der Waals surface area (Å²) < 4.78 is 27.4. The second-order valence-electron chi connectivity index (χ2n) is 12.2. The summed E-state index contributed by atoms with van der Waals surface area (Å²) in [7, 11) is 2.59. The lowest BCUT2D eigenvalue weighted by Crippen LogP contribution is -2.60. The number of methoxy groups -OCH3 is 2. The van der Waals surface area contributed by atoms with Crippen LogP contribution in [-0.2, 0) is 35.0 Å². The molecule has 5 rings (SSSR count). The highest BCUT2D eigenvalue weighted by Crippen LogP contribution is 2.45. The van der Waals surface area contributed by atoms with Crippen LogP contribution in [0.25, 0.3) is 6.08 Å². The van der Waals surface area contributed by atoms with Gasteiger partial charge in [0.1, 0.15) is 24.4 Å². The van der Waals surface area contributed by atoms with Crippen LogP contribution in [0.4, 0.5) is 0 Å². The van der Waals surface area contributed by atoms with Gasteiger partial charge in [-0.3, -0.25) is 4.79 Å². The summed E-state index contributed by atoms with van der Waals surface area (Å²) >= 11 is 0. The summed E-state index contributed by atoms with van der Waals surface area (Å²) in [6.07, 6.45) is -3.31. The molecule has 2 aromatic carbocycles. The zero-order chi connectivity index (χ0) is 36.3. The number of phenolic OH excluding ortho intramolecular Hbond substituents is 3. The molecule has 1 saturated heterocycles. The van der Waals surface area contributed by atoms with Gasteiger partial charge in [-0.25, -0.2) is 4.79 Å². The minimum atomic E-state index is -1.74. The molecule has 1 fully saturated rings. The number of benzene rings is 2. The molecule has 0 unspecified atom stereocenters. The Kier molecular flexibility index (Phi) is 11.4. The number of rotatable bonds is 10. The van der Waals surface area contributed by atoms with E-state index in [0.717, 1.165) is 6.26 Å². The van der Waals surface area contributed by atoms with Crippen LogP contribution in [0, 0.1) is 11.8 Å². The minimum Gasteiger partial charge on any atom is -0.504 e. The first-order valence-electron chi connectivity index (χ1n) is 15.8. The maximum Gasteiger partial charge on any atom is 0.337 e. The van der Waals surface area contributed by atoms with Crippen molar-refractivity contribution in [2.24, 2.45) is 11.8 Å². The fraction of sp³-hybridized carbons (Fsp3) is 0.429. The van der Waals surface area contributed by atoms with E-state index in [1.807, 2.05) is 0 Å². The predicted molar refractivity (Wildman–Crippen MR) is 173 cm³/mol. The lowest BCUT2D eigenvalue weighted by atomic mass is 9.76. The normalized spacial score (nSPS) is 29.4. The number of aliphatic hydroxyl groups is 4. The molecule has 3 aliphatic rings. The Bertz CT molecular complexity index is 1640. The summed E-state index contributed by atoms with van der Waals surface area (Å²) in [5.74, 6) is -3.43. The Balaban J connectivity index is 1.50. The van der Waals surface area contributed by atoms with E-state index in [2.05, 4.69) is 6.58 Å². The van der Waals surface area contributed by atoms with Gasteiger partial charge < -0.3 is 64.3 Å². The van der Waals surface area contributed by atoms with Gasteiger partial charge in [0.2, 0.25) is 12.2 Å². The quantitative estimate of drug-likeness (QED) is 0.0795. The van der Waals surface area contributed by atoms with E-state index in [1.165, 1.54) is 44.6 Å². The van der Waals surface area contributed by atoms with Gasteiger partial charge >= 0.3 is 5.97 Å². The van der Waals surface area contributed by atoms with E-state index in [9.17, 15) is 45.3 Å². The smallest absolute Gasteiger partial charge is 0.337 e. The predicted octanol–water partition coefficient (Wildman–Crippen LogP) is 0.989. The summed E-state index contributed by atoms with van der Waals surface area (Å²) in [6, 6.07) is 6.60. The van der Waals surface area contributed by atoms with Crippen molar-refractivity contribution in [3.05, 3.63) is 77.6 Å². The van der Waals surface area contributed by atoms with Crippen LogP contribution < -0.4 is 4.74 Å². The molecule has 15 heteroatoms. The molecule has 3 heterocycles. The standard InChI is InChI=1S/C35H41NO14/c1-4-19-21(22(33(45)47-3)16-48-34(19)50-35-32(44)31(43)30(42)28(15-37)49-35)13-23-20-14-26(40)25(39)12-18(20)9-10-36(23)29(41)8-6-17-5-7-24(38)27(11-17)46-2/h4-8,11-12,14,16,19,21,23,28,30-32,34-35,37-40,42-44H,1,9-10,13,15H2,2-3H3/b8-6+/t19-,21-,23-,28-,30-,31+,32-,34+,35+/m1/s1. The summed E-state index contributed by atoms with van der Waals surface area (Å²) in [6.45, 7) is 3.43. The Morgan fingerprint density at radius 3 is 2.42 bits per heavy atom. The third-order valence-corrected chi connectivity index (χ3v) is 9.29. The number of aliphatic hydroxyl groups excluding tert-OH is 4. The number of esters is 1. The van der Waals surface area contributed by atoms with Gasteiger partial charge in [-0.15, -0.1) is 6.58 Å². The van der Waals surface area contributed by atoms with Crippen molar-refractivity contribution in [3.8, 4) is 23.0 Å². The first-order chi connectivity index (χ1) is 23.9. The van der Waals surface area contributed by atoms with E-state index in [-0.39, 0.29) is 35.8 Å². The summed E-state index contributed by atoms with van der Waals surface area (Å²) in [5, 5.41) is 71.5. The van der Waals surface area contributed by atoms with Crippen LogP contribution in [0.5, 0.6) is 23.0 Å². The highest BCUT2D eigenvalue weighted by atomic mass is 16.8. The first-order valence-corrected chi connectivity index (χ1v) is 15.8. The maximum absolute atomic E-state index is 13.9. The van der Waals surface area contributed by atoms with Crippen LogP contribution in [0.15, 0.2) is 60.9 Å². The number of nitrogens with zero attached hydrogens (tertiary/aromatic N) is 1. The number of fused-ring (bicyclic) bond motifs is 1. The molecule has 270 valence electrons. The molecule has 15 nitrogen and oxygen atoms in total. The second kappa shape index (κ2) is 15.5. The molecule has 0 aromatic heterocycles. The molecule has 0 aliphatic carbocycles. The third kappa shape index (κ3) is 7.28. The molecule has 0 bridgehead atoms. The monoisotopic (exact) mass is 699 g/mol. The van der Waals surface area contributed by atoms with Gasteiger partial charge in [0, 0.05) is 24.5 Å². The van der Waals surface area contributed by atoms with Crippen molar-refractivity contribution in [1.82, 2.24) is 4.90 Å². The molecule has 0 saturated carbocycles. The number of hydrogen-bond donors (Lipinski definition) is 7. The van der Waals surface area contributed by atoms with E-state index in [4.69, 9.17) is 23.7 Å². The lowest BCUT2D eigenvalue weighted by Gasteiger charge is -2.44. The van der Waals surface area contributed by atoms with Gasteiger partial charge in [-0.05, 0) is 59.9 Å². The van der Waals surface area contributed by atoms with Crippen molar-refractivity contribution in [2.75, 3.05) is 27.4 Å². The Labute approximate surface area is 287 Å². The average molecular weight is 700 g/mol. The van der Waals surface area contributed by atoms with Crippen molar-refractivity contribution in [2.45, 2.75) is 55.9 Å². The molecule has 0 spiro atoms. The van der Waals surface area contributed by atoms with E-state index >= 15 is 0 Å². The van der Waals surface area contributed by atoms with Crippen LogP contribution >= 0.6 is 0 Å². The van der Waals surface area contributed by atoms with Crippen LogP contribution in [0.3, 0.4) is 0 Å². The third-order valence-electron chi connectivity index (χ3n) is 9.29. The number of phenols is 3. The van der Waals surface area contributed by atoms with Crippen molar-refractivity contribution >= 4 is 18.0 Å². The molecule has 0 radical (unpaired) electrons. The van der Waals surface area contributed by atoms with Gasteiger partial charge in [-0.1, -0.05) is 12.1 Å². The second-order valence-corrected chi connectivity index (χ2v) is 12.2. The van der Waals surface area contributed by atoms with Crippen molar-refractivity contribution < 1.29 is 69.0 Å². The van der Waals surface area contributed by atoms with Crippen LogP contribution in [-0.4, -0.2) is 117 Å². The molecule has 2 aromatic rings. The molecule has 1 amide bonds. The Hall–Kier alpha value is -4.64. The molecule has 9 atom stereocenters. The summed E-state index contributed by atoms with van der Waals surface area (Å²) in [4.78, 5) is 28.5. The average Bonchev–Trinajstić information content (AvgIpc) is 3.11. The number of carbonyl (C=O) groups is 2. The van der Waals surface area contributed by atoms with E-state index < -0.39 is 79.1 Å². The topological polar surface area (TPSA) is 225 Å². The lowest BCUT2D eigenvalue weighted by molar-refractivity contribution is -0.339. The number of amides is 1. The van der Waals surface area contributed by atoms with E-state index in [0.29, 0.717) is 23.1 Å². The van der Waals surface area contributed by atoms with Crippen molar-refractivity contribution in [1.29, 1.82) is 0 Å². The van der Waals surface area contributed by atoms with Gasteiger partial charge in [0.15, 0.2) is 29.3 Å². The van der Waals surface area contributed by atoms with Crippen LogP contribution in [0.1, 0.15) is 29.2 Å². The van der Waals surface area contributed by atoms with E-state index in [1.54, 1.807) is 23.1 Å². The van der Waals surface area contributed by atoms with Crippen molar-refractivity contribution in [3.63, 3.8) is 0 Å². The fourth-order valence-corrected chi connectivity index (χ4v) is 6.57. The van der Waals surface area contributed by atoms with Gasteiger partial charge in [0.25, 0.3) is 0 Å². The maximum atomic E-state index is 13.9. The number of hydrogen-bond acceptors (Lipinski definition) is 14. The number of aromatic hydroxyl groups is 3. The van der Waals surface area contributed by atoms with Crippen LogP contribution in [0.2, 0.25) is 0 Å². The summed E-state index contributed by atoms with van der Waals surface area (Å²) in [5.41, 5.74) is 1.83. The SMILES string of the molecule is C=C[C@H]1[C@H](O[C@@H]2O[C@H](CO)[C@@H](O)[C@H](O)[C@H]2O)OC=C(C(=O)OC)[C@@H]1C[C@@H]1c2cc(O)c(O)cc2CCN1C(=O)/C=C/c1ccc(O)c(OC)c1. The molecular weight excluding hydrogens is 658 g/mol. The number of ether oxygens (including phenoxy) is 5. The van der Waals surface area contributed by atoms with Gasteiger partial charge in [-0.2, -0.15) is 0 Å². The fourth-order valence-electron chi connectivity index (χ4n) is 6.57. The highest BCUT2D eigenvalue weighted by molar-refractivity contribution is 5.92.